The van der Waals surface area contributed by atoms with Gasteiger partial charge in [0.2, 0.25) is 5.91 Å². The first-order chi connectivity index (χ1) is 10.4. The van der Waals surface area contributed by atoms with Crippen LogP contribution < -0.4 is 5.32 Å². The molecule has 1 rings (SSSR count). The van der Waals surface area contributed by atoms with Gasteiger partial charge in [0.05, 0.1) is 13.2 Å². The minimum atomic E-state index is -0.763. The third-order valence-electron chi connectivity index (χ3n) is 3.07. The van der Waals surface area contributed by atoms with Crippen LogP contribution in [0.2, 0.25) is 0 Å². The Morgan fingerprint density at radius 2 is 1.78 bits per heavy atom. The maximum Gasteiger partial charge on any atom is 0.333 e. The molecule has 0 aliphatic carbocycles. The molecule has 0 saturated heterocycles. The van der Waals surface area contributed by atoms with E-state index in [4.69, 9.17) is 4.74 Å². The Bertz CT molecular complexity index is 478. The zero-order valence-corrected chi connectivity index (χ0v) is 15.1. The Labute approximate surface area is 144 Å². The SMILES string of the molecule is CC(C)CCOC(=O)[C@@H](NC(=O)CN(C)C)c1ccccc1.Cl. The van der Waals surface area contributed by atoms with E-state index in [0.29, 0.717) is 12.5 Å². The van der Waals surface area contributed by atoms with Gasteiger partial charge in [-0.25, -0.2) is 4.79 Å². The van der Waals surface area contributed by atoms with E-state index in [1.54, 1.807) is 19.0 Å². The maximum atomic E-state index is 12.3. The van der Waals surface area contributed by atoms with E-state index in [9.17, 15) is 9.59 Å². The van der Waals surface area contributed by atoms with Gasteiger partial charge in [-0.2, -0.15) is 0 Å². The van der Waals surface area contributed by atoms with Gasteiger partial charge in [0.1, 0.15) is 0 Å². The number of hydrogen-bond acceptors (Lipinski definition) is 4. The summed E-state index contributed by atoms with van der Waals surface area (Å²) in [4.78, 5) is 26.0. The molecule has 0 fully saturated rings. The van der Waals surface area contributed by atoms with Gasteiger partial charge >= 0.3 is 5.97 Å². The number of esters is 1. The lowest BCUT2D eigenvalue weighted by molar-refractivity contribution is -0.148. The van der Waals surface area contributed by atoms with E-state index in [2.05, 4.69) is 19.2 Å². The van der Waals surface area contributed by atoms with Gasteiger partial charge in [-0.1, -0.05) is 44.2 Å². The lowest BCUT2D eigenvalue weighted by Crippen LogP contribution is -2.39. The number of benzene rings is 1. The summed E-state index contributed by atoms with van der Waals surface area (Å²) in [6.07, 6.45) is 0.804. The fourth-order valence-electron chi connectivity index (χ4n) is 1.90. The number of halogens is 1. The van der Waals surface area contributed by atoms with Crippen LogP contribution in [0.5, 0.6) is 0 Å². The highest BCUT2D eigenvalue weighted by Gasteiger charge is 2.24. The summed E-state index contributed by atoms with van der Waals surface area (Å²) < 4.78 is 5.31. The molecule has 0 aliphatic rings. The summed E-state index contributed by atoms with van der Waals surface area (Å²) in [5.41, 5.74) is 0.726. The summed E-state index contributed by atoms with van der Waals surface area (Å²) in [5.74, 6) is -0.162. The molecule has 0 aliphatic heterocycles. The van der Waals surface area contributed by atoms with Crippen molar-refractivity contribution >= 4 is 24.3 Å². The lowest BCUT2D eigenvalue weighted by atomic mass is 10.1. The van der Waals surface area contributed by atoms with Crippen molar-refractivity contribution < 1.29 is 14.3 Å². The summed E-state index contributed by atoms with van der Waals surface area (Å²) >= 11 is 0. The summed E-state index contributed by atoms with van der Waals surface area (Å²) in [7, 11) is 3.61. The zero-order chi connectivity index (χ0) is 16.5. The van der Waals surface area contributed by atoms with Crippen molar-refractivity contribution in [3.05, 3.63) is 35.9 Å². The Morgan fingerprint density at radius 3 is 2.30 bits per heavy atom. The Balaban J connectivity index is 0.00000484. The summed E-state index contributed by atoms with van der Waals surface area (Å²) in [6, 6.07) is 8.39. The van der Waals surface area contributed by atoms with Gasteiger partial charge in [-0.05, 0) is 32.0 Å². The van der Waals surface area contributed by atoms with Crippen LogP contribution in [0, 0.1) is 5.92 Å². The molecule has 1 aromatic carbocycles. The topological polar surface area (TPSA) is 58.6 Å². The van der Waals surface area contributed by atoms with Crippen LogP contribution in [0.15, 0.2) is 30.3 Å². The molecular weight excluding hydrogens is 316 g/mol. The zero-order valence-electron chi connectivity index (χ0n) is 14.2. The fourth-order valence-corrected chi connectivity index (χ4v) is 1.90. The van der Waals surface area contributed by atoms with E-state index in [1.807, 2.05) is 30.3 Å². The van der Waals surface area contributed by atoms with Crippen LogP contribution in [0.1, 0.15) is 31.9 Å². The van der Waals surface area contributed by atoms with Gasteiger partial charge in [0, 0.05) is 0 Å². The van der Waals surface area contributed by atoms with Crippen molar-refractivity contribution in [2.75, 3.05) is 27.2 Å². The van der Waals surface area contributed by atoms with Gasteiger partial charge in [-0.15, -0.1) is 12.4 Å². The average molecular weight is 343 g/mol. The number of ether oxygens (including phenoxy) is 1. The van der Waals surface area contributed by atoms with E-state index < -0.39 is 12.0 Å². The largest absolute Gasteiger partial charge is 0.464 e. The van der Waals surface area contributed by atoms with Crippen molar-refractivity contribution in [1.82, 2.24) is 10.2 Å². The third kappa shape index (κ3) is 8.57. The van der Waals surface area contributed by atoms with Gasteiger partial charge < -0.3 is 15.0 Å². The van der Waals surface area contributed by atoms with Gasteiger partial charge in [0.25, 0.3) is 0 Å². The predicted octanol–water partition coefficient (Wildman–Crippen LogP) is 2.42. The number of nitrogens with one attached hydrogen (secondary N) is 1. The first-order valence-corrected chi connectivity index (χ1v) is 7.55. The molecule has 0 aromatic heterocycles. The Kier molecular flexibility index (Phi) is 10.3. The first-order valence-electron chi connectivity index (χ1n) is 7.55. The smallest absolute Gasteiger partial charge is 0.333 e. The maximum absolute atomic E-state index is 12.3. The van der Waals surface area contributed by atoms with Crippen molar-refractivity contribution in [2.24, 2.45) is 5.92 Å². The molecule has 1 N–H and O–H groups in total. The number of amides is 1. The van der Waals surface area contributed by atoms with Crippen molar-refractivity contribution in [1.29, 1.82) is 0 Å². The molecule has 0 heterocycles. The molecule has 5 nitrogen and oxygen atoms in total. The second-order valence-corrected chi connectivity index (χ2v) is 6.00. The molecule has 1 amide bonds. The van der Waals surface area contributed by atoms with Crippen LogP contribution in [-0.2, 0) is 14.3 Å². The predicted molar refractivity (Wildman–Crippen MR) is 93.5 cm³/mol. The second-order valence-electron chi connectivity index (χ2n) is 6.00. The van der Waals surface area contributed by atoms with Gasteiger partial charge in [-0.3, -0.25) is 4.79 Å². The van der Waals surface area contributed by atoms with Crippen LogP contribution in [0.3, 0.4) is 0 Å². The van der Waals surface area contributed by atoms with Gasteiger partial charge in [0.15, 0.2) is 6.04 Å². The molecule has 0 bridgehead atoms. The van der Waals surface area contributed by atoms with E-state index in [-0.39, 0.29) is 24.9 Å². The number of carbonyl (C=O) groups excluding carboxylic acids is 2. The molecule has 6 heteroatoms. The van der Waals surface area contributed by atoms with E-state index in [0.717, 1.165) is 12.0 Å². The molecule has 130 valence electrons. The first kappa shape index (κ1) is 21.4. The Hall–Kier alpha value is -1.59. The van der Waals surface area contributed by atoms with Crippen LogP contribution >= 0.6 is 12.4 Å². The molecule has 0 spiro atoms. The Morgan fingerprint density at radius 1 is 1.17 bits per heavy atom. The van der Waals surface area contributed by atoms with Crippen LogP contribution in [0.4, 0.5) is 0 Å². The quantitative estimate of drug-likeness (QED) is 0.737. The molecule has 0 unspecified atom stereocenters. The number of likely N-dealkylation sites (N-methyl/N-ethyl adjacent to an activating group) is 1. The number of carbonyl (C=O) groups is 2. The summed E-state index contributed by atoms with van der Waals surface area (Å²) in [6.45, 7) is 4.73. The van der Waals surface area contributed by atoms with Crippen molar-refractivity contribution in [2.45, 2.75) is 26.3 Å². The summed E-state index contributed by atoms with van der Waals surface area (Å²) in [5, 5.41) is 2.75. The molecular formula is C17H27ClN2O3. The highest BCUT2D eigenvalue weighted by molar-refractivity contribution is 5.86. The monoisotopic (exact) mass is 342 g/mol. The van der Waals surface area contributed by atoms with Crippen LogP contribution in [-0.4, -0.2) is 44.0 Å². The molecule has 1 atom stereocenters. The number of nitrogens with zero attached hydrogens (tertiary/aromatic N) is 1. The number of hydrogen-bond donors (Lipinski definition) is 1. The van der Waals surface area contributed by atoms with E-state index >= 15 is 0 Å². The van der Waals surface area contributed by atoms with Crippen molar-refractivity contribution in [3.8, 4) is 0 Å². The normalized spacial score (nSPS) is 11.7. The molecule has 0 saturated carbocycles. The van der Waals surface area contributed by atoms with Crippen LogP contribution in [0.25, 0.3) is 0 Å². The van der Waals surface area contributed by atoms with E-state index in [1.165, 1.54) is 0 Å². The standard InChI is InChI=1S/C17H26N2O3.ClH/c1-13(2)10-11-22-17(21)16(14-8-6-5-7-9-14)18-15(20)12-19(3)4;/h5-9,13,16H,10-12H2,1-4H3,(H,18,20);1H/t16-;/m0./s1. The molecule has 23 heavy (non-hydrogen) atoms. The number of rotatable bonds is 8. The minimum absolute atomic E-state index is 0. The second kappa shape index (κ2) is 11.0. The average Bonchev–Trinajstić information content (AvgIpc) is 2.44. The fraction of sp³-hybridized carbons (Fsp3) is 0.529. The third-order valence-corrected chi connectivity index (χ3v) is 3.07. The van der Waals surface area contributed by atoms with Crippen molar-refractivity contribution in [3.63, 3.8) is 0 Å². The molecule has 1 aromatic rings. The highest BCUT2D eigenvalue weighted by Crippen LogP contribution is 2.15. The lowest BCUT2D eigenvalue weighted by Gasteiger charge is -2.19. The minimum Gasteiger partial charge on any atom is -0.464 e. The highest BCUT2D eigenvalue weighted by atomic mass is 35.5. The molecule has 0 radical (unpaired) electrons.